The molecule has 6 heteroatoms. The van der Waals surface area contributed by atoms with Crippen LogP contribution in [0.25, 0.3) is 0 Å². The summed E-state index contributed by atoms with van der Waals surface area (Å²) in [5.41, 5.74) is -0.663. The van der Waals surface area contributed by atoms with Crippen molar-refractivity contribution in [2.24, 2.45) is 0 Å². The van der Waals surface area contributed by atoms with Crippen LogP contribution in [0.5, 0.6) is 0 Å². The van der Waals surface area contributed by atoms with Crippen LogP contribution in [-0.4, -0.2) is 9.60 Å². The van der Waals surface area contributed by atoms with Crippen LogP contribution in [0.3, 0.4) is 0 Å². The Kier molecular flexibility index (Phi) is 2.27. The molecule has 66 valence electrons. The smallest absolute Gasteiger partial charge is 0.359 e. The number of halogens is 4. The SMILES string of the molecule is N=C(Br)c1cc(C(F)(F)F)c[nH]1. The molecule has 1 aromatic rings. The summed E-state index contributed by atoms with van der Waals surface area (Å²) in [4.78, 5) is 2.32. The maximum absolute atomic E-state index is 12.0. The van der Waals surface area contributed by atoms with Crippen molar-refractivity contribution in [3.8, 4) is 0 Å². The fraction of sp³-hybridized carbons (Fsp3) is 0.167. The number of rotatable bonds is 1. The van der Waals surface area contributed by atoms with E-state index in [0.717, 1.165) is 12.3 Å². The van der Waals surface area contributed by atoms with Gasteiger partial charge >= 0.3 is 6.18 Å². The number of H-pyrrole nitrogens is 1. The molecule has 0 atom stereocenters. The van der Waals surface area contributed by atoms with E-state index in [2.05, 4.69) is 20.9 Å². The molecule has 0 bridgehead atoms. The third-order valence-electron chi connectivity index (χ3n) is 1.25. The van der Waals surface area contributed by atoms with Crippen LogP contribution in [0.15, 0.2) is 12.3 Å². The average molecular weight is 241 g/mol. The highest BCUT2D eigenvalue weighted by Gasteiger charge is 2.31. The van der Waals surface area contributed by atoms with Gasteiger partial charge in [0.05, 0.1) is 11.3 Å². The van der Waals surface area contributed by atoms with Crippen molar-refractivity contribution in [2.45, 2.75) is 6.18 Å². The summed E-state index contributed by atoms with van der Waals surface area (Å²) in [6, 6.07) is 0.872. The van der Waals surface area contributed by atoms with Gasteiger partial charge in [0.1, 0.15) is 4.62 Å². The Morgan fingerprint density at radius 1 is 1.50 bits per heavy atom. The van der Waals surface area contributed by atoms with E-state index >= 15 is 0 Å². The number of hydrogen-bond donors (Lipinski definition) is 2. The van der Waals surface area contributed by atoms with Gasteiger partial charge in [-0.15, -0.1) is 0 Å². The van der Waals surface area contributed by atoms with Crippen LogP contribution >= 0.6 is 15.9 Å². The third kappa shape index (κ3) is 1.88. The van der Waals surface area contributed by atoms with Gasteiger partial charge in [0.25, 0.3) is 0 Å². The topological polar surface area (TPSA) is 39.6 Å². The molecule has 0 saturated carbocycles. The minimum Gasteiger partial charge on any atom is -0.359 e. The molecular formula is C6H4BrF3N2. The van der Waals surface area contributed by atoms with Crippen molar-refractivity contribution in [2.75, 3.05) is 0 Å². The van der Waals surface area contributed by atoms with E-state index in [1.165, 1.54) is 0 Å². The van der Waals surface area contributed by atoms with Crippen molar-refractivity contribution >= 4 is 20.6 Å². The first-order valence-corrected chi connectivity index (χ1v) is 3.70. The second-order valence-corrected chi connectivity index (χ2v) is 2.91. The lowest BCUT2D eigenvalue weighted by molar-refractivity contribution is -0.137. The lowest BCUT2D eigenvalue weighted by Gasteiger charge is -2.00. The predicted molar refractivity (Wildman–Crippen MR) is 41.6 cm³/mol. The zero-order chi connectivity index (χ0) is 9.35. The normalized spacial score (nSPS) is 11.7. The van der Waals surface area contributed by atoms with Gasteiger partial charge in [0, 0.05) is 6.20 Å². The molecule has 0 aliphatic rings. The van der Waals surface area contributed by atoms with Gasteiger partial charge in [0.15, 0.2) is 0 Å². The van der Waals surface area contributed by atoms with E-state index in [0.29, 0.717) is 0 Å². The molecule has 0 aromatic carbocycles. The number of hydrogen-bond acceptors (Lipinski definition) is 1. The molecule has 0 fully saturated rings. The Labute approximate surface area is 74.4 Å². The second kappa shape index (κ2) is 2.93. The quantitative estimate of drug-likeness (QED) is 0.709. The minimum atomic E-state index is -4.35. The highest BCUT2D eigenvalue weighted by molar-refractivity contribution is 9.18. The van der Waals surface area contributed by atoms with E-state index in [1.807, 2.05) is 0 Å². The van der Waals surface area contributed by atoms with Gasteiger partial charge in [-0.2, -0.15) is 13.2 Å². The highest BCUT2D eigenvalue weighted by Crippen LogP contribution is 2.29. The van der Waals surface area contributed by atoms with Gasteiger partial charge < -0.3 is 4.98 Å². The largest absolute Gasteiger partial charge is 0.417 e. The van der Waals surface area contributed by atoms with Crippen molar-refractivity contribution in [1.29, 1.82) is 5.41 Å². The zero-order valence-electron chi connectivity index (χ0n) is 5.67. The second-order valence-electron chi connectivity index (χ2n) is 2.11. The van der Waals surface area contributed by atoms with Gasteiger partial charge in [-0.1, -0.05) is 0 Å². The summed E-state index contributed by atoms with van der Waals surface area (Å²) in [6.45, 7) is 0. The fourth-order valence-corrected chi connectivity index (χ4v) is 0.914. The maximum Gasteiger partial charge on any atom is 0.417 e. The summed E-state index contributed by atoms with van der Waals surface area (Å²) in [6.07, 6.45) is -3.53. The van der Waals surface area contributed by atoms with Crippen molar-refractivity contribution in [3.63, 3.8) is 0 Å². The molecule has 1 rings (SSSR count). The monoisotopic (exact) mass is 240 g/mol. The number of nitrogens with one attached hydrogen (secondary N) is 2. The standard InChI is InChI=1S/C6H4BrF3N2/c7-5(11)4-1-3(2-12-4)6(8,9)10/h1-2,11-12H. The summed E-state index contributed by atoms with van der Waals surface area (Å²) in [7, 11) is 0. The highest BCUT2D eigenvalue weighted by atomic mass is 79.9. The van der Waals surface area contributed by atoms with E-state index in [1.54, 1.807) is 0 Å². The van der Waals surface area contributed by atoms with Crippen molar-refractivity contribution in [3.05, 3.63) is 23.5 Å². The van der Waals surface area contributed by atoms with E-state index in [-0.39, 0.29) is 10.3 Å². The minimum absolute atomic E-state index is 0.0991. The molecule has 2 N–H and O–H groups in total. The van der Waals surface area contributed by atoms with Crippen LogP contribution in [0.2, 0.25) is 0 Å². The van der Waals surface area contributed by atoms with Gasteiger partial charge in [-0.3, -0.25) is 5.41 Å². The Bertz CT molecular complexity index is 302. The zero-order valence-corrected chi connectivity index (χ0v) is 7.25. The fourth-order valence-electron chi connectivity index (χ4n) is 0.685. The molecule has 2 nitrogen and oxygen atoms in total. The van der Waals surface area contributed by atoms with Gasteiger partial charge in [0.2, 0.25) is 0 Å². The molecule has 1 heterocycles. The van der Waals surface area contributed by atoms with Crippen LogP contribution in [0.4, 0.5) is 13.2 Å². The first kappa shape index (κ1) is 9.31. The molecule has 12 heavy (non-hydrogen) atoms. The molecule has 0 radical (unpaired) electrons. The van der Waals surface area contributed by atoms with Crippen LogP contribution in [0.1, 0.15) is 11.3 Å². The molecule has 0 saturated heterocycles. The Morgan fingerprint density at radius 2 is 2.08 bits per heavy atom. The Hall–Kier alpha value is -0.780. The molecule has 0 aliphatic carbocycles. The summed E-state index contributed by atoms with van der Waals surface area (Å²) in [5, 5.41) is 6.97. The van der Waals surface area contributed by atoms with Crippen LogP contribution in [0, 0.1) is 5.41 Å². The molecule has 1 aromatic heterocycles. The van der Waals surface area contributed by atoms with E-state index < -0.39 is 11.7 Å². The van der Waals surface area contributed by atoms with E-state index in [4.69, 9.17) is 5.41 Å². The lowest BCUT2D eigenvalue weighted by atomic mass is 10.3. The Balaban J connectivity index is 3.00. The average Bonchev–Trinajstić information content (AvgIpc) is 2.30. The third-order valence-corrected chi connectivity index (χ3v) is 1.67. The molecule has 0 aliphatic heterocycles. The maximum atomic E-state index is 12.0. The van der Waals surface area contributed by atoms with E-state index in [9.17, 15) is 13.2 Å². The van der Waals surface area contributed by atoms with Crippen molar-refractivity contribution < 1.29 is 13.2 Å². The first-order valence-electron chi connectivity index (χ1n) is 2.91. The number of aromatic amines is 1. The van der Waals surface area contributed by atoms with Crippen LogP contribution in [-0.2, 0) is 6.18 Å². The summed E-state index contributed by atoms with van der Waals surface area (Å²) in [5.74, 6) is 0. The number of aromatic nitrogens is 1. The van der Waals surface area contributed by atoms with Gasteiger partial charge in [-0.25, -0.2) is 0 Å². The summed E-state index contributed by atoms with van der Waals surface area (Å²) >= 11 is 2.75. The predicted octanol–water partition coefficient (Wildman–Crippen LogP) is 2.75. The van der Waals surface area contributed by atoms with Crippen molar-refractivity contribution in [1.82, 2.24) is 4.98 Å². The lowest BCUT2D eigenvalue weighted by Crippen LogP contribution is -2.02. The number of alkyl halides is 3. The summed E-state index contributed by atoms with van der Waals surface area (Å²) < 4.78 is 35.8. The molecule has 0 unspecified atom stereocenters. The van der Waals surface area contributed by atoms with Gasteiger partial charge in [-0.05, 0) is 22.0 Å². The molecule has 0 amide bonds. The molecule has 0 spiro atoms. The molecular weight excluding hydrogens is 237 g/mol. The van der Waals surface area contributed by atoms with Crippen LogP contribution < -0.4 is 0 Å². The Morgan fingerprint density at radius 3 is 2.33 bits per heavy atom. The first-order chi connectivity index (χ1) is 5.41.